The molecule has 0 unspecified atom stereocenters. The van der Waals surface area contributed by atoms with Gasteiger partial charge >= 0.3 is 0 Å². The van der Waals surface area contributed by atoms with Gasteiger partial charge in [-0.3, -0.25) is 4.79 Å². The number of fused-ring (bicyclic) bond motifs is 1. The Morgan fingerprint density at radius 3 is 2.64 bits per heavy atom. The van der Waals surface area contributed by atoms with E-state index in [4.69, 9.17) is 11.6 Å². The number of aromatic nitrogens is 1. The number of halogens is 1. The molecule has 0 fully saturated rings. The molecule has 0 aliphatic carbocycles. The van der Waals surface area contributed by atoms with Gasteiger partial charge in [-0.25, -0.2) is 0 Å². The lowest BCUT2D eigenvalue weighted by molar-refractivity contribution is -0.255. The monoisotopic (exact) mass is 312 g/mol. The van der Waals surface area contributed by atoms with Crippen molar-refractivity contribution in [1.82, 2.24) is 4.57 Å². The first-order chi connectivity index (χ1) is 10.6. The van der Waals surface area contributed by atoms with Gasteiger partial charge in [0.05, 0.1) is 11.7 Å². The first kappa shape index (κ1) is 14.4. The summed E-state index contributed by atoms with van der Waals surface area (Å²) in [6, 6.07) is 14.2. The molecule has 0 amide bonds. The first-order valence-electron chi connectivity index (χ1n) is 6.64. The summed E-state index contributed by atoms with van der Waals surface area (Å²) >= 11 is 5.97. The number of carbonyl (C=O) groups is 2. The third kappa shape index (κ3) is 2.38. The molecule has 110 valence electrons. The fourth-order valence-corrected chi connectivity index (χ4v) is 2.86. The Labute approximate surface area is 131 Å². The van der Waals surface area contributed by atoms with Crippen LogP contribution in [0.1, 0.15) is 26.4 Å². The third-order valence-electron chi connectivity index (χ3n) is 3.55. The number of nitrogens with zero attached hydrogens (tertiary/aromatic N) is 1. The van der Waals surface area contributed by atoms with Crippen molar-refractivity contribution in [3.8, 4) is 0 Å². The summed E-state index contributed by atoms with van der Waals surface area (Å²) < 4.78 is 1.57. The van der Waals surface area contributed by atoms with Gasteiger partial charge in [0.25, 0.3) is 0 Å². The van der Waals surface area contributed by atoms with Crippen molar-refractivity contribution in [2.75, 3.05) is 0 Å². The first-order valence-corrected chi connectivity index (χ1v) is 7.02. The molecule has 0 N–H and O–H groups in total. The highest BCUT2D eigenvalue weighted by Crippen LogP contribution is 2.26. The van der Waals surface area contributed by atoms with Crippen molar-refractivity contribution in [2.45, 2.75) is 6.54 Å². The number of aromatic carboxylic acids is 1. The van der Waals surface area contributed by atoms with Crippen LogP contribution in [0.25, 0.3) is 10.9 Å². The van der Waals surface area contributed by atoms with Crippen molar-refractivity contribution in [3.05, 3.63) is 70.4 Å². The fourth-order valence-electron chi connectivity index (χ4n) is 2.65. The van der Waals surface area contributed by atoms with Crippen LogP contribution >= 0.6 is 11.6 Å². The topological polar surface area (TPSA) is 62.1 Å². The van der Waals surface area contributed by atoms with Crippen LogP contribution in [0.2, 0.25) is 5.02 Å². The molecule has 4 nitrogen and oxygen atoms in total. The van der Waals surface area contributed by atoms with E-state index in [9.17, 15) is 14.7 Å². The largest absolute Gasteiger partial charge is 0.543 e. The Morgan fingerprint density at radius 2 is 1.95 bits per heavy atom. The van der Waals surface area contributed by atoms with E-state index in [1.807, 2.05) is 6.07 Å². The Kier molecular flexibility index (Phi) is 3.69. The van der Waals surface area contributed by atoms with Gasteiger partial charge in [0, 0.05) is 28.0 Å². The Hall–Kier alpha value is -2.59. The molecule has 0 saturated carbocycles. The molecule has 2 aromatic carbocycles. The number of hydrogen-bond acceptors (Lipinski definition) is 3. The summed E-state index contributed by atoms with van der Waals surface area (Å²) in [5.41, 5.74) is 1.53. The van der Waals surface area contributed by atoms with E-state index in [0.29, 0.717) is 22.2 Å². The van der Waals surface area contributed by atoms with E-state index in [0.717, 1.165) is 5.56 Å². The Bertz CT molecular complexity index is 883. The highest BCUT2D eigenvalue weighted by molar-refractivity contribution is 6.30. The molecule has 0 bridgehead atoms. The molecule has 0 radical (unpaired) electrons. The van der Waals surface area contributed by atoms with E-state index in [1.54, 1.807) is 47.0 Å². The number of benzene rings is 2. The molecule has 1 aromatic heterocycles. The second-order valence-corrected chi connectivity index (χ2v) is 5.34. The molecule has 0 saturated heterocycles. The van der Waals surface area contributed by atoms with Crippen LogP contribution in [0.5, 0.6) is 0 Å². The summed E-state index contributed by atoms with van der Waals surface area (Å²) in [7, 11) is 0. The molecule has 1 heterocycles. The van der Waals surface area contributed by atoms with Gasteiger partial charge in [-0.15, -0.1) is 0 Å². The van der Waals surface area contributed by atoms with Crippen LogP contribution in [0.4, 0.5) is 0 Å². The maximum absolute atomic E-state index is 11.5. The van der Waals surface area contributed by atoms with Crippen LogP contribution in [-0.2, 0) is 6.54 Å². The van der Waals surface area contributed by atoms with E-state index in [-0.39, 0.29) is 17.8 Å². The standard InChI is InChI=1S/C17H12ClNO3/c18-12-5-3-4-11(8-12)9-19-15-7-2-1-6-13(15)14(10-20)16(19)17(21)22/h1-8,10H,9H2,(H,21,22)/p-1. The molecular weight excluding hydrogens is 302 g/mol. The van der Waals surface area contributed by atoms with Gasteiger partial charge in [-0.05, 0) is 23.8 Å². The van der Waals surface area contributed by atoms with Crippen molar-refractivity contribution in [2.24, 2.45) is 0 Å². The SMILES string of the molecule is O=Cc1c(C(=O)[O-])n(Cc2cccc(Cl)c2)c2ccccc12. The van der Waals surface area contributed by atoms with E-state index in [1.165, 1.54) is 0 Å². The summed E-state index contributed by atoms with van der Waals surface area (Å²) in [6.45, 7) is 0.290. The number of para-hydroxylation sites is 1. The fraction of sp³-hybridized carbons (Fsp3) is 0.0588. The average molecular weight is 313 g/mol. The number of carboxylic acid groups (broad SMARTS) is 1. The van der Waals surface area contributed by atoms with Crippen molar-refractivity contribution in [3.63, 3.8) is 0 Å². The number of hydrogen-bond donors (Lipinski definition) is 0. The lowest BCUT2D eigenvalue weighted by Gasteiger charge is -2.12. The second kappa shape index (κ2) is 5.66. The van der Waals surface area contributed by atoms with Crippen molar-refractivity contribution < 1.29 is 14.7 Å². The Balaban J connectivity index is 2.25. The summed E-state index contributed by atoms with van der Waals surface area (Å²) in [6.07, 6.45) is 0.557. The molecule has 0 aliphatic heterocycles. The molecule has 0 aliphatic rings. The quantitative estimate of drug-likeness (QED) is 0.695. The summed E-state index contributed by atoms with van der Waals surface area (Å²) in [5.74, 6) is -1.37. The van der Waals surface area contributed by atoms with Gasteiger partial charge in [-0.2, -0.15) is 0 Å². The van der Waals surface area contributed by atoms with Gasteiger partial charge < -0.3 is 14.5 Å². The van der Waals surface area contributed by atoms with E-state index in [2.05, 4.69) is 0 Å². The minimum Gasteiger partial charge on any atom is -0.543 e. The molecular formula is C17H11ClNO3-. The summed E-state index contributed by atoms with van der Waals surface area (Å²) in [4.78, 5) is 22.9. The van der Waals surface area contributed by atoms with Crippen molar-refractivity contribution >= 4 is 34.8 Å². The third-order valence-corrected chi connectivity index (χ3v) is 3.79. The molecule has 3 rings (SSSR count). The zero-order chi connectivity index (χ0) is 15.7. The van der Waals surface area contributed by atoms with Gasteiger partial charge in [0.15, 0.2) is 6.29 Å². The Morgan fingerprint density at radius 1 is 1.18 bits per heavy atom. The number of carbonyl (C=O) groups excluding carboxylic acids is 2. The van der Waals surface area contributed by atoms with Crippen LogP contribution in [0.3, 0.4) is 0 Å². The van der Waals surface area contributed by atoms with Gasteiger partial charge in [0.1, 0.15) is 0 Å². The van der Waals surface area contributed by atoms with Gasteiger partial charge in [0.2, 0.25) is 0 Å². The van der Waals surface area contributed by atoms with E-state index >= 15 is 0 Å². The van der Waals surface area contributed by atoms with Crippen LogP contribution < -0.4 is 5.11 Å². The van der Waals surface area contributed by atoms with Crippen LogP contribution in [0.15, 0.2) is 48.5 Å². The molecule has 0 atom stereocenters. The zero-order valence-corrected chi connectivity index (χ0v) is 12.2. The predicted octanol–water partition coefficient (Wildman–Crippen LogP) is 2.52. The number of rotatable bonds is 4. The minimum absolute atomic E-state index is 0.115. The maximum Gasteiger partial charge on any atom is 0.152 e. The zero-order valence-electron chi connectivity index (χ0n) is 11.5. The summed E-state index contributed by atoms with van der Waals surface area (Å²) in [5, 5.41) is 12.7. The minimum atomic E-state index is -1.37. The second-order valence-electron chi connectivity index (χ2n) is 4.90. The predicted molar refractivity (Wildman–Crippen MR) is 82.2 cm³/mol. The highest BCUT2D eigenvalue weighted by atomic mass is 35.5. The molecule has 22 heavy (non-hydrogen) atoms. The van der Waals surface area contributed by atoms with Crippen LogP contribution in [-0.4, -0.2) is 16.8 Å². The number of aldehydes is 1. The smallest absolute Gasteiger partial charge is 0.152 e. The van der Waals surface area contributed by atoms with Crippen molar-refractivity contribution in [1.29, 1.82) is 0 Å². The van der Waals surface area contributed by atoms with E-state index < -0.39 is 5.97 Å². The number of carboxylic acids is 1. The normalized spacial score (nSPS) is 10.8. The maximum atomic E-state index is 11.5. The average Bonchev–Trinajstić information content (AvgIpc) is 2.81. The highest BCUT2D eigenvalue weighted by Gasteiger charge is 2.17. The van der Waals surface area contributed by atoms with Gasteiger partial charge in [-0.1, -0.05) is 41.9 Å². The molecule has 3 aromatic rings. The van der Waals surface area contributed by atoms with Crippen LogP contribution in [0, 0.1) is 0 Å². The lowest BCUT2D eigenvalue weighted by atomic mass is 10.1. The molecule has 0 spiro atoms. The molecule has 5 heteroatoms. The lowest BCUT2D eigenvalue weighted by Crippen LogP contribution is -2.27.